The summed E-state index contributed by atoms with van der Waals surface area (Å²) in [5, 5.41) is 0. The van der Waals surface area contributed by atoms with Crippen molar-refractivity contribution in [3.8, 4) is 5.75 Å². The molecule has 0 aliphatic carbocycles. The number of ether oxygens (including phenoxy) is 2. The van der Waals surface area contributed by atoms with Gasteiger partial charge in [0.25, 0.3) is 0 Å². The van der Waals surface area contributed by atoms with Gasteiger partial charge in [-0.2, -0.15) is 0 Å². The number of rotatable bonds is 6. The molecule has 1 aliphatic rings. The van der Waals surface area contributed by atoms with Crippen LogP contribution in [0.4, 0.5) is 0 Å². The SMILES string of the molecule is COC(=O)C1CCN(S(=O)(=O)c2ccc(OC(C)C)c([CH]=[Ru]([Cl])[Cl])c2)CC1. The molecule has 0 spiro atoms. The number of benzene rings is 1. The Kier molecular flexibility index (Phi) is 8.25. The van der Waals surface area contributed by atoms with Gasteiger partial charge in [0, 0.05) is 0 Å². The van der Waals surface area contributed by atoms with Crippen molar-refractivity contribution >= 4 is 40.0 Å². The van der Waals surface area contributed by atoms with E-state index in [9.17, 15) is 13.2 Å². The summed E-state index contributed by atoms with van der Waals surface area (Å²) in [7, 11) is 9.64. The Balaban J connectivity index is 2.28. The van der Waals surface area contributed by atoms with Crippen LogP contribution in [0.15, 0.2) is 23.1 Å². The zero-order valence-corrected chi connectivity index (χ0v) is 19.4. The molecule has 10 heteroatoms. The summed E-state index contributed by atoms with van der Waals surface area (Å²) in [5.41, 5.74) is 0.582. The van der Waals surface area contributed by atoms with E-state index in [0.29, 0.717) is 24.2 Å². The number of methoxy groups -OCH3 is 1. The van der Waals surface area contributed by atoms with Gasteiger partial charge in [0.2, 0.25) is 0 Å². The third-order valence-electron chi connectivity index (χ3n) is 4.16. The summed E-state index contributed by atoms with van der Waals surface area (Å²) in [6.45, 7) is 4.31. The van der Waals surface area contributed by atoms with Crippen molar-refractivity contribution in [3.05, 3.63) is 23.8 Å². The molecule has 1 aromatic rings. The van der Waals surface area contributed by atoms with E-state index in [4.69, 9.17) is 28.9 Å². The monoisotopic (exact) mass is 525 g/mol. The van der Waals surface area contributed by atoms with Crippen LogP contribution in [-0.2, 0) is 33.1 Å². The Morgan fingerprint density at radius 1 is 1.30 bits per heavy atom. The number of carbonyl (C=O) groups excluding carboxylic acids is 1. The van der Waals surface area contributed by atoms with Gasteiger partial charge in [-0.05, 0) is 0 Å². The summed E-state index contributed by atoms with van der Waals surface area (Å²) < 4.78 is 39.6. The molecule has 2 rings (SSSR count). The molecule has 6 nitrogen and oxygen atoms in total. The summed E-state index contributed by atoms with van der Waals surface area (Å²) in [6.07, 6.45) is 0.818. The molecule has 0 aromatic heterocycles. The molecular weight excluding hydrogens is 502 g/mol. The molecule has 0 bridgehead atoms. The first-order valence-electron chi connectivity index (χ1n) is 8.37. The molecule has 154 valence electrons. The number of esters is 1. The van der Waals surface area contributed by atoms with Gasteiger partial charge in [-0.15, -0.1) is 0 Å². The fourth-order valence-electron chi connectivity index (χ4n) is 2.86. The number of nitrogens with zero attached hydrogens (tertiary/aromatic N) is 1. The molecule has 0 N–H and O–H groups in total. The molecule has 0 radical (unpaired) electrons. The van der Waals surface area contributed by atoms with Gasteiger partial charge in [-0.1, -0.05) is 0 Å². The van der Waals surface area contributed by atoms with Gasteiger partial charge in [0.05, 0.1) is 0 Å². The topological polar surface area (TPSA) is 72.9 Å². The van der Waals surface area contributed by atoms with Crippen LogP contribution in [0.25, 0.3) is 0 Å². The standard InChI is InChI=1S/C17H23NO5S.2ClH.Ru/c1-12(2)23-16-6-5-15(11-13(16)3)24(20,21)18-9-7-14(8-10-18)17(19)22-4;;;/h3,5-6,11-12,14H,7-10H2,1-2,4H3;2*1H;/q;;;+2/p-2. The van der Waals surface area contributed by atoms with Gasteiger partial charge in [-0.25, -0.2) is 0 Å². The van der Waals surface area contributed by atoms with E-state index in [-0.39, 0.29) is 36.0 Å². The average Bonchev–Trinajstić information content (AvgIpc) is 2.61. The molecular formula is C17H23Cl2NO5RuS. The summed E-state index contributed by atoms with van der Waals surface area (Å²) in [4.78, 5) is 11.8. The van der Waals surface area contributed by atoms with Crippen LogP contribution in [-0.4, -0.2) is 49.6 Å². The fourth-order valence-corrected chi connectivity index (χ4v) is 6.15. The average molecular weight is 525 g/mol. The van der Waals surface area contributed by atoms with E-state index in [1.807, 2.05) is 13.8 Å². The van der Waals surface area contributed by atoms with E-state index in [2.05, 4.69) is 0 Å². The first kappa shape index (κ1) is 22.8. The molecule has 0 unspecified atom stereocenters. The van der Waals surface area contributed by atoms with Crippen molar-refractivity contribution in [2.24, 2.45) is 5.92 Å². The first-order valence-corrected chi connectivity index (χ1v) is 15.3. The van der Waals surface area contributed by atoms with Crippen LogP contribution in [0.1, 0.15) is 32.3 Å². The Morgan fingerprint density at radius 2 is 1.93 bits per heavy atom. The van der Waals surface area contributed by atoms with E-state index in [0.717, 1.165) is 0 Å². The van der Waals surface area contributed by atoms with Crippen molar-refractivity contribution in [1.29, 1.82) is 0 Å². The second kappa shape index (κ2) is 9.79. The number of hydrogen-bond donors (Lipinski definition) is 0. The van der Waals surface area contributed by atoms with Crippen LogP contribution >= 0.6 is 19.4 Å². The molecule has 27 heavy (non-hydrogen) atoms. The normalized spacial score (nSPS) is 16.9. The van der Waals surface area contributed by atoms with Crippen molar-refractivity contribution in [2.75, 3.05) is 20.2 Å². The van der Waals surface area contributed by atoms with Crippen molar-refractivity contribution in [2.45, 2.75) is 37.7 Å². The number of halogens is 2. The number of hydrogen-bond acceptors (Lipinski definition) is 5. The first-order chi connectivity index (χ1) is 12.6. The van der Waals surface area contributed by atoms with Crippen molar-refractivity contribution < 1.29 is 36.2 Å². The molecule has 1 fully saturated rings. The van der Waals surface area contributed by atoms with Crippen LogP contribution in [0, 0.1) is 5.92 Å². The number of carbonyl (C=O) groups is 1. The molecule has 1 aliphatic heterocycles. The third kappa shape index (κ3) is 5.97. The zero-order valence-electron chi connectivity index (χ0n) is 15.3. The van der Waals surface area contributed by atoms with Crippen LogP contribution in [0.2, 0.25) is 0 Å². The van der Waals surface area contributed by atoms with E-state index in [1.54, 1.807) is 16.7 Å². The molecule has 1 saturated heterocycles. The molecule has 0 saturated carbocycles. The molecule has 0 atom stereocenters. The van der Waals surface area contributed by atoms with Gasteiger partial charge >= 0.3 is 174 Å². The van der Waals surface area contributed by atoms with E-state index < -0.39 is 23.5 Å². The number of sulfonamides is 1. The van der Waals surface area contributed by atoms with Gasteiger partial charge in [0.15, 0.2) is 0 Å². The van der Waals surface area contributed by atoms with Crippen LogP contribution in [0.5, 0.6) is 5.75 Å². The van der Waals surface area contributed by atoms with Gasteiger partial charge in [-0.3, -0.25) is 0 Å². The Morgan fingerprint density at radius 3 is 2.44 bits per heavy atom. The second-order valence-corrected chi connectivity index (χ2v) is 14.0. The summed E-state index contributed by atoms with van der Waals surface area (Å²) in [5.74, 6) is -0.000496. The van der Waals surface area contributed by atoms with Crippen molar-refractivity contribution in [3.63, 3.8) is 0 Å². The maximum absolute atomic E-state index is 13.0. The Hall–Kier alpha value is -0.527. The minimum absolute atomic E-state index is 0.0664. The molecule has 1 aromatic carbocycles. The Bertz CT molecular complexity index is 817. The predicted molar refractivity (Wildman–Crippen MR) is 103 cm³/mol. The summed E-state index contributed by atoms with van der Waals surface area (Å²) in [6, 6.07) is 4.70. The summed E-state index contributed by atoms with van der Waals surface area (Å²) >= 11 is -2.17. The second-order valence-electron chi connectivity index (χ2n) is 6.37. The van der Waals surface area contributed by atoms with E-state index >= 15 is 0 Å². The van der Waals surface area contributed by atoms with Crippen LogP contribution < -0.4 is 4.74 Å². The predicted octanol–water partition coefficient (Wildman–Crippen LogP) is 3.12. The third-order valence-corrected chi connectivity index (χ3v) is 7.88. The fraction of sp³-hybridized carbons (Fsp3) is 0.529. The maximum atomic E-state index is 13.0. The molecule has 1 heterocycles. The number of piperidine rings is 1. The van der Waals surface area contributed by atoms with E-state index in [1.165, 1.54) is 17.5 Å². The molecule has 0 amide bonds. The Labute approximate surface area is 173 Å². The zero-order chi connectivity index (χ0) is 20.2. The minimum atomic E-state index is -3.69. The van der Waals surface area contributed by atoms with Crippen LogP contribution in [0.3, 0.4) is 0 Å². The van der Waals surface area contributed by atoms with Gasteiger partial charge in [0.1, 0.15) is 0 Å². The quantitative estimate of drug-likeness (QED) is 0.422. The van der Waals surface area contributed by atoms with Gasteiger partial charge < -0.3 is 0 Å². The van der Waals surface area contributed by atoms with Crippen molar-refractivity contribution in [1.82, 2.24) is 4.31 Å².